The predicted molar refractivity (Wildman–Crippen MR) is 249 cm³/mol. The number of carboxylic acids is 1. The van der Waals surface area contributed by atoms with Crippen LogP contribution < -0.4 is 9.80 Å². The molecular formula is C56H49N3O2. The Morgan fingerprint density at radius 1 is 0.590 bits per heavy atom. The van der Waals surface area contributed by atoms with Crippen LogP contribution in [0.2, 0.25) is 0 Å². The van der Waals surface area contributed by atoms with Gasteiger partial charge in [0.15, 0.2) is 0 Å². The molecule has 0 unspecified atom stereocenters. The van der Waals surface area contributed by atoms with Crippen molar-refractivity contribution in [3.8, 4) is 28.3 Å². The zero-order valence-corrected chi connectivity index (χ0v) is 35.3. The van der Waals surface area contributed by atoms with E-state index in [0.717, 1.165) is 55.5 Å². The smallest absolute Gasteiger partial charge is 0.346 e. The largest absolute Gasteiger partial charge is 0.477 e. The Kier molecular flexibility index (Phi) is 9.22. The molecule has 4 aliphatic rings. The summed E-state index contributed by atoms with van der Waals surface area (Å²) >= 11 is 0. The highest BCUT2D eigenvalue weighted by Crippen LogP contribution is 2.52. The van der Waals surface area contributed by atoms with Crippen molar-refractivity contribution in [1.29, 1.82) is 5.26 Å². The lowest BCUT2D eigenvalue weighted by Gasteiger charge is -2.33. The number of nitriles is 1. The van der Waals surface area contributed by atoms with Crippen molar-refractivity contribution in [3.05, 3.63) is 196 Å². The number of fused-ring (bicyclic) bond motifs is 8. The molecule has 1 N–H and O–H groups in total. The number of aryl methyl sites for hydroxylation is 2. The van der Waals surface area contributed by atoms with Gasteiger partial charge in [-0.3, -0.25) is 0 Å². The van der Waals surface area contributed by atoms with Gasteiger partial charge in [0.1, 0.15) is 11.6 Å². The van der Waals surface area contributed by atoms with E-state index in [1.165, 1.54) is 84.5 Å². The third-order valence-corrected chi connectivity index (χ3v) is 13.8. The number of allylic oxidation sites excluding steroid dienone is 4. The van der Waals surface area contributed by atoms with Gasteiger partial charge in [0.05, 0.1) is 0 Å². The Morgan fingerprint density at radius 3 is 1.52 bits per heavy atom. The number of benzene rings is 6. The van der Waals surface area contributed by atoms with Gasteiger partial charge in [0, 0.05) is 46.7 Å². The van der Waals surface area contributed by atoms with Crippen LogP contribution in [0.15, 0.2) is 151 Å². The van der Waals surface area contributed by atoms with E-state index >= 15 is 0 Å². The van der Waals surface area contributed by atoms with E-state index in [1.807, 2.05) is 6.08 Å². The minimum absolute atomic E-state index is 0.0676. The predicted octanol–water partition coefficient (Wildman–Crippen LogP) is 13.0. The third-order valence-electron chi connectivity index (χ3n) is 13.8. The van der Waals surface area contributed by atoms with Crippen LogP contribution in [-0.2, 0) is 28.5 Å². The van der Waals surface area contributed by atoms with Crippen molar-refractivity contribution in [1.82, 2.24) is 0 Å². The summed E-state index contributed by atoms with van der Waals surface area (Å²) < 4.78 is 0. The fourth-order valence-electron chi connectivity index (χ4n) is 10.6. The fourth-order valence-corrected chi connectivity index (χ4v) is 10.6. The molecule has 300 valence electrons. The van der Waals surface area contributed by atoms with Crippen LogP contribution in [0.1, 0.15) is 85.0 Å². The van der Waals surface area contributed by atoms with Gasteiger partial charge < -0.3 is 14.9 Å². The third kappa shape index (κ3) is 6.32. The number of carbonyl (C=O) groups is 1. The Labute approximate surface area is 359 Å². The van der Waals surface area contributed by atoms with Crippen LogP contribution >= 0.6 is 0 Å². The normalized spacial score (nSPS) is 16.5. The highest BCUT2D eigenvalue weighted by atomic mass is 16.4. The van der Waals surface area contributed by atoms with E-state index in [1.54, 1.807) is 12.1 Å². The zero-order chi connectivity index (χ0) is 42.0. The summed E-state index contributed by atoms with van der Waals surface area (Å²) in [5, 5.41) is 18.8. The van der Waals surface area contributed by atoms with Gasteiger partial charge in [-0.25, -0.2) is 4.79 Å². The minimum atomic E-state index is -1.23. The van der Waals surface area contributed by atoms with Crippen LogP contribution in [0, 0.1) is 11.3 Å². The Bertz CT molecular complexity index is 2770. The second-order valence-corrected chi connectivity index (χ2v) is 18.0. The molecule has 0 spiro atoms. The van der Waals surface area contributed by atoms with Gasteiger partial charge in [0.2, 0.25) is 0 Å². The van der Waals surface area contributed by atoms with Crippen LogP contribution in [0.4, 0.5) is 22.7 Å². The lowest BCUT2D eigenvalue weighted by molar-refractivity contribution is -0.132. The van der Waals surface area contributed by atoms with Gasteiger partial charge >= 0.3 is 5.97 Å². The standard InChI is InChI=1S/C56H49N3O2/c1-55(2)48-19-9-7-17-44(48)46-25-23-41(33-50(46)55)58-29-11-14-38-31-36(21-27-52(38)58)43(16-6-5-13-40(35-57)54(60)61)37-22-28-53-39(32-37)15-12-30-59(53)42-24-26-47-45-18-8-10-20-49(45)56(3,4)51(47)34-42/h5-10,13,16-28,31-34H,11-12,14-15,29-30H2,1-4H3,(H,60,61)/b6-5+,40-13+. The second kappa shape index (κ2) is 14.7. The van der Waals surface area contributed by atoms with E-state index < -0.39 is 5.97 Å². The average molecular weight is 796 g/mol. The van der Waals surface area contributed by atoms with Crippen molar-refractivity contribution in [2.24, 2.45) is 0 Å². The quantitative estimate of drug-likeness (QED) is 0.0990. The van der Waals surface area contributed by atoms with Crippen LogP contribution in [0.3, 0.4) is 0 Å². The Balaban J connectivity index is 1.00. The SMILES string of the molecule is CC1(C)c2ccccc2-c2ccc(N3CCCc4cc(C(=C/C=C/C=C(\C#N)C(=O)O)c5ccc6c(c5)CCCN6c5ccc6c(c5)C(C)(C)c5ccccc5-6)ccc43)cc21. The van der Waals surface area contributed by atoms with Crippen molar-refractivity contribution in [3.63, 3.8) is 0 Å². The zero-order valence-electron chi connectivity index (χ0n) is 35.3. The molecule has 0 amide bonds. The maximum Gasteiger partial charge on any atom is 0.346 e. The maximum atomic E-state index is 11.6. The molecule has 5 heteroatoms. The summed E-state index contributed by atoms with van der Waals surface area (Å²) in [7, 11) is 0. The van der Waals surface area contributed by atoms with Gasteiger partial charge in [-0.2, -0.15) is 5.26 Å². The van der Waals surface area contributed by atoms with E-state index in [2.05, 4.69) is 165 Å². The molecule has 2 aliphatic heterocycles. The number of aliphatic carboxylic acids is 1. The van der Waals surface area contributed by atoms with Gasteiger partial charge in [-0.15, -0.1) is 0 Å². The van der Waals surface area contributed by atoms with Gasteiger partial charge in [-0.1, -0.05) is 119 Å². The highest BCUT2D eigenvalue weighted by Gasteiger charge is 2.37. The monoisotopic (exact) mass is 795 g/mol. The molecule has 0 bridgehead atoms. The summed E-state index contributed by atoms with van der Waals surface area (Å²) in [5.41, 5.74) is 21.2. The molecule has 10 rings (SSSR count). The second-order valence-electron chi connectivity index (χ2n) is 18.0. The first-order valence-electron chi connectivity index (χ1n) is 21.6. The molecule has 0 aromatic heterocycles. The number of anilines is 4. The summed E-state index contributed by atoms with van der Waals surface area (Å²) in [4.78, 5) is 16.5. The summed E-state index contributed by atoms with van der Waals surface area (Å²) in [5.74, 6) is -1.23. The molecule has 0 saturated carbocycles. The van der Waals surface area contributed by atoms with Crippen LogP contribution in [-0.4, -0.2) is 24.2 Å². The minimum Gasteiger partial charge on any atom is -0.477 e. The number of hydrogen-bond acceptors (Lipinski definition) is 4. The highest BCUT2D eigenvalue weighted by molar-refractivity contribution is 5.92. The number of rotatable bonds is 7. The summed E-state index contributed by atoms with van der Waals surface area (Å²) in [6.45, 7) is 11.3. The lowest BCUT2D eigenvalue weighted by atomic mass is 9.82. The first-order chi connectivity index (χ1) is 29.5. The molecule has 0 radical (unpaired) electrons. The Morgan fingerprint density at radius 2 is 1.05 bits per heavy atom. The molecule has 0 atom stereocenters. The van der Waals surface area contributed by atoms with E-state index in [9.17, 15) is 15.2 Å². The molecule has 6 aromatic carbocycles. The lowest BCUT2D eigenvalue weighted by Crippen LogP contribution is -2.25. The summed E-state index contributed by atoms with van der Waals surface area (Å²) in [6.07, 6.45) is 11.0. The van der Waals surface area contributed by atoms with Crippen molar-refractivity contribution in [2.75, 3.05) is 22.9 Å². The molecule has 61 heavy (non-hydrogen) atoms. The molecule has 5 nitrogen and oxygen atoms in total. The molecular weight excluding hydrogens is 747 g/mol. The fraction of sp³-hybridized carbons (Fsp3) is 0.214. The van der Waals surface area contributed by atoms with E-state index in [-0.39, 0.29) is 16.4 Å². The van der Waals surface area contributed by atoms with Crippen LogP contribution in [0.5, 0.6) is 0 Å². The molecule has 2 heterocycles. The van der Waals surface area contributed by atoms with Gasteiger partial charge in [-0.05, 0) is 153 Å². The molecule has 0 fully saturated rings. The topological polar surface area (TPSA) is 67.6 Å². The molecule has 6 aromatic rings. The number of nitrogens with zero attached hydrogens (tertiary/aromatic N) is 3. The number of hydrogen-bond donors (Lipinski definition) is 1. The first-order valence-corrected chi connectivity index (χ1v) is 21.6. The molecule has 0 saturated heterocycles. The van der Waals surface area contributed by atoms with E-state index in [4.69, 9.17) is 0 Å². The Hall–Kier alpha value is -6.90. The van der Waals surface area contributed by atoms with Crippen molar-refractivity contribution < 1.29 is 9.90 Å². The molecule has 2 aliphatic carbocycles. The van der Waals surface area contributed by atoms with Crippen molar-refractivity contribution in [2.45, 2.75) is 64.2 Å². The maximum absolute atomic E-state index is 11.6. The van der Waals surface area contributed by atoms with Crippen molar-refractivity contribution >= 4 is 34.3 Å². The first kappa shape index (κ1) is 38.3. The summed E-state index contributed by atoms with van der Waals surface area (Å²) in [6, 6.07) is 47.1. The van der Waals surface area contributed by atoms with E-state index in [0.29, 0.717) is 0 Å². The average Bonchev–Trinajstić information content (AvgIpc) is 3.65. The van der Waals surface area contributed by atoms with Crippen LogP contribution in [0.25, 0.3) is 27.8 Å². The van der Waals surface area contributed by atoms with Gasteiger partial charge in [0.25, 0.3) is 0 Å². The number of carboxylic acid groups (broad SMARTS) is 1.